The maximum Gasteiger partial charge on any atom is 0.324 e. The molecule has 1 saturated carbocycles. The van der Waals surface area contributed by atoms with Crippen LogP contribution in [0, 0.1) is 12.8 Å². The van der Waals surface area contributed by atoms with Crippen LogP contribution in [0.4, 0.5) is 0 Å². The number of sulfonamides is 1. The minimum atomic E-state index is -3.95. The Bertz CT molecular complexity index is 623. The zero-order valence-electron chi connectivity index (χ0n) is 12.5. The minimum absolute atomic E-state index is 0.137. The first-order valence-corrected chi connectivity index (χ1v) is 8.42. The van der Waals surface area contributed by atoms with Crippen molar-refractivity contribution in [1.29, 1.82) is 0 Å². The molecule has 0 unspecified atom stereocenters. The lowest BCUT2D eigenvalue weighted by atomic mass is 9.78. The first-order valence-electron chi connectivity index (χ1n) is 6.94. The summed E-state index contributed by atoms with van der Waals surface area (Å²) in [6.45, 7) is 3.73. The molecule has 0 aliphatic heterocycles. The summed E-state index contributed by atoms with van der Waals surface area (Å²) in [6, 6.07) is 0. The molecule has 1 aliphatic carbocycles. The van der Waals surface area contributed by atoms with E-state index in [4.69, 9.17) is 0 Å². The number of carboxylic acid groups (broad SMARTS) is 1. The topological polar surface area (TPSA) is 101 Å². The molecule has 1 fully saturated rings. The highest BCUT2D eigenvalue weighted by atomic mass is 32.2. The molecule has 1 aromatic rings. The van der Waals surface area contributed by atoms with Crippen LogP contribution < -0.4 is 4.72 Å². The van der Waals surface area contributed by atoms with Crippen LogP contribution in [0.5, 0.6) is 0 Å². The number of imidazole rings is 1. The summed E-state index contributed by atoms with van der Waals surface area (Å²) in [5.41, 5.74) is -1.42. The van der Waals surface area contributed by atoms with Gasteiger partial charge in [-0.15, -0.1) is 0 Å². The summed E-state index contributed by atoms with van der Waals surface area (Å²) in [5.74, 6) is -0.151. The van der Waals surface area contributed by atoms with Gasteiger partial charge in [0.15, 0.2) is 5.03 Å². The van der Waals surface area contributed by atoms with Crippen molar-refractivity contribution < 1.29 is 18.3 Å². The molecule has 0 amide bonds. The van der Waals surface area contributed by atoms with Crippen molar-refractivity contribution in [2.75, 3.05) is 0 Å². The fourth-order valence-corrected chi connectivity index (χ4v) is 4.04. The molecule has 1 aliphatic rings. The largest absolute Gasteiger partial charge is 0.480 e. The van der Waals surface area contributed by atoms with Crippen LogP contribution in [-0.2, 0) is 21.9 Å². The summed E-state index contributed by atoms with van der Waals surface area (Å²) >= 11 is 0. The molecule has 0 atom stereocenters. The first kappa shape index (κ1) is 16.0. The van der Waals surface area contributed by atoms with E-state index < -0.39 is 21.5 Å². The van der Waals surface area contributed by atoms with Gasteiger partial charge >= 0.3 is 5.97 Å². The standard InChI is InChI=1S/C13H21N3O4S/c1-9-4-6-13(7-5-9,12(17)18)15-21(19,20)11-8-16(3)10(2)14-11/h8-9,15H,4-7H2,1-3H3,(H,17,18). The van der Waals surface area contributed by atoms with Crippen LogP contribution >= 0.6 is 0 Å². The summed E-state index contributed by atoms with van der Waals surface area (Å²) < 4.78 is 28.8. The van der Waals surface area contributed by atoms with Crippen molar-refractivity contribution in [2.45, 2.75) is 50.1 Å². The second kappa shape index (κ2) is 5.42. The van der Waals surface area contributed by atoms with E-state index in [2.05, 4.69) is 9.71 Å². The van der Waals surface area contributed by atoms with Gasteiger partial charge in [0.2, 0.25) is 0 Å². The summed E-state index contributed by atoms with van der Waals surface area (Å²) in [4.78, 5) is 15.6. The number of aliphatic carboxylic acids is 1. The zero-order valence-corrected chi connectivity index (χ0v) is 13.3. The monoisotopic (exact) mass is 315 g/mol. The summed E-state index contributed by atoms with van der Waals surface area (Å²) in [5, 5.41) is 9.36. The van der Waals surface area contributed by atoms with Crippen LogP contribution in [0.25, 0.3) is 0 Å². The van der Waals surface area contributed by atoms with E-state index in [9.17, 15) is 18.3 Å². The number of nitrogens with zero attached hydrogens (tertiary/aromatic N) is 2. The predicted molar refractivity (Wildman–Crippen MR) is 76.3 cm³/mol. The van der Waals surface area contributed by atoms with Gasteiger partial charge in [0.05, 0.1) is 0 Å². The molecule has 2 N–H and O–H groups in total. The highest BCUT2D eigenvalue weighted by molar-refractivity contribution is 7.89. The van der Waals surface area contributed by atoms with E-state index in [0.717, 1.165) is 0 Å². The number of aromatic nitrogens is 2. The Hall–Kier alpha value is -1.41. The summed E-state index contributed by atoms with van der Waals surface area (Å²) in [6.07, 6.45) is 3.37. The average molecular weight is 315 g/mol. The van der Waals surface area contributed by atoms with Crippen LogP contribution in [0.15, 0.2) is 11.2 Å². The average Bonchev–Trinajstić information content (AvgIpc) is 2.73. The smallest absolute Gasteiger partial charge is 0.324 e. The molecule has 118 valence electrons. The number of rotatable bonds is 4. The highest BCUT2D eigenvalue weighted by Gasteiger charge is 2.45. The van der Waals surface area contributed by atoms with Gasteiger partial charge in [-0.2, -0.15) is 4.72 Å². The fourth-order valence-electron chi connectivity index (χ4n) is 2.58. The van der Waals surface area contributed by atoms with Crippen LogP contribution in [0.1, 0.15) is 38.4 Å². The van der Waals surface area contributed by atoms with Gasteiger partial charge in [-0.25, -0.2) is 13.4 Å². The Morgan fingerprint density at radius 1 is 1.48 bits per heavy atom. The number of carbonyl (C=O) groups is 1. The molecular formula is C13H21N3O4S. The van der Waals surface area contributed by atoms with Gasteiger partial charge in [-0.1, -0.05) is 6.92 Å². The first-order chi connectivity index (χ1) is 9.66. The number of hydrogen-bond acceptors (Lipinski definition) is 4. The number of carboxylic acids is 1. The molecule has 1 heterocycles. The third kappa shape index (κ3) is 3.11. The van der Waals surface area contributed by atoms with Crippen molar-refractivity contribution in [2.24, 2.45) is 13.0 Å². The van der Waals surface area contributed by atoms with E-state index in [1.807, 2.05) is 6.92 Å². The van der Waals surface area contributed by atoms with E-state index in [-0.39, 0.29) is 5.03 Å². The molecule has 0 saturated heterocycles. The van der Waals surface area contributed by atoms with E-state index >= 15 is 0 Å². The molecular weight excluding hydrogens is 294 g/mol. The number of nitrogens with one attached hydrogen (secondary N) is 1. The normalized spacial score (nSPS) is 26.7. The van der Waals surface area contributed by atoms with Crippen LogP contribution in [0.3, 0.4) is 0 Å². The molecule has 0 radical (unpaired) electrons. The van der Waals surface area contributed by atoms with Crippen molar-refractivity contribution in [3.63, 3.8) is 0 Å². The Labute approximate surface area is 124 Å². The molecule has 2 rings (SSSR count). The van der Waals surface area contributed by atoms with Gasteiger partial charge < -0.3 is 9.67 Å². The highest BCUT2D eigenvalue weighted by Crippen LogP contribution is 2.33. The van der Waals surface area contributed by atoms with Gasteiger partial charge in [0.1, 0.15) is 11.4 Å². The van der Waals surface area contributed by atoms with E-state index in [1.54, 1.807) is 18.5 Å². The van der Waals surface area contributed by atoms with Crippen LogP contribution in [-0.4, -0.2) is 34.6 Å². The molecule has 7 nitrogen and oxygen atoms in total. The predicted octanol–water partition coefficient (Wildman–Crippen LogP) is 1.04. The number of aryl methyl sites for hydroxylation is 2. The van der Waals surface area contributed by atoms with Gasteiger partial charge in [0.25, 0.3) is 10.0 Å². The molecule has 0 aromatic carbocycles. The Kier molecular flexibility index (Phi) is 4.12. The molecule has 0 spiro atoms. The molecule has 0 bridgehead atoms. The van der Waals surface area contributed by atoms with Crippen molar-refractivity contribution in [3.8, 4) is 0 Å². The van der Waals surface area contributed by atoms with Crippen molar-refractivity contribution >= 4 is 16.0 Å². The van der Waals surface area contributed by atoms with Crippen LogP contribution in [0.2, 0.25) is 0 Å². The quantitative estimate of drug-likeness (QED) is 0.864. The SMILES string of the molecule is Cc1nc(S(=O)(=O)NC2(C(=O)O)CCC(C)CC2)cn1C. The second-order valence-electron chi connectivity index (χ2n) is 5.91. The number of hydrogen-bond donors (Lipinski definition) is 2. The Balaban J connectivity index is 2.30. The fraction of sp³-hybridized carbons (Fsp3) is 0.692. The van der Waals surface area contributed by atoms with Gasteiger partial charge in [-0.05, 0) is 38.5 Å². The lowest BCUT2D eigenvalue weighted by Gasteiger charge is -2.35. The second-order valence-corrected chi connectivity index (χ2v) is 7.54. The lowest BCUT2D eigenvalue weighted by molar-refractivity contribution is -0.145. The third-order valence-corrected chi connectivity index (χ3v) is 5.64. The maximum absolute atomic E-state index is 12.4. The van der Waals surface area contributed by atoms with E-state index in [1.165, 1.54) is 6.20 Å². The van der Waals surface area contributed by atoms with Gasteiger partial charge in [0, 0.05) is 13.2 Å². The molecule has 1 aromatic heterocycles. The molecule has 21 heavy (non-hydrogen) atoms. The minimum Gasteiger partial charge on any atom is -0.480 e. The molecule has 8 heteroatoms. The summed E-state index contributed by atoms with van der Waals surface area (Å²) in [7, 11) is -2.25. The maximum atomic E-state index is 12.4. The lowest BCUT2D eigenvalue weighted by Crippen LogP contribution is -2.56. The third-order valence-electron chi connectivity index (χ3n) is 4.23. The van der Waals surface area contributed by atoms with Gasteiger partial charge in [-0.3, -0.25) is 4.79 Å². The zero-order chi connectivity index (χ0) is 15.8. The Morgan fingerprint density at radius 2 is 2.05 bits per heavy atom. The Morgan fingerprint density at radius 3 is 2.48 bits per heavy atom. The van der Waals surface area contributed by atoms with Crippen molar-refractivity contribution in [3.05, 3.63) is 12.0 Å². The van der Waals surface area contributed by atoms with E-state index in [0.29, 0.717) is 37.4 Å². The van der Waals surface area contributed by atoms with Crippen molar-refractivity contribution in [1.82, 2.24) is 14.3 Å².